The Kier molecular flexibility index (Phi) is 8.33. The van der Waals surface area contributed by atoms with Crippen molar-refractivity contribution < 1.29 is 13.9 Å². The van der Waals surface area contributed by atoms with E-state index in [1.165, 1.54) is 12.1 Å². The predicted octanol–water partition coefficient (Wildman–Crippen LogP) is 4.26. The summed E-state index contributed by atoms with van der Waals surface area (Å²) >= 11 is 5.09. The molecule has 1 heterocycles. The van der Waals surface area contributed by atoms with E-state index in [0.717, 1.165) is 33.8 Å². The Hall–Kier alpha value is -1.41. The molecule has 3 rings (SSSR count). The first kappa shape index (κ1) is 21.3. The minimum absolute atomic E-state index is 0.0209. The molecule has 1 amide bonds. The molecule has 0 spiro atoms. The van der Waals surface area contributed by atoms with Crippen LogP contribution >= 0.6 is 27.7 Å². The van der Waals surface area contributed by atoms with Gasteiger partial charge in [-0.25, -0.2) is 4.39 Å². The lowest BCUT2D eigenvalue weighted by atomic mass is 10.0. The zero-order valence-electron chi connectivity index (χ0n) is 15.6. The van der Waals surface area contributed by atoms with Crippen LogP contribution in [0.4, 0.5) is 4.39 Å². The van der Waals surface area contributed by atoms with Gasteiger partial charge in [-0.3, -0.25) is 9.69 Å². The van der Waals surface area contributed by atoms with E-state index in [1.807, 2.05) is 24.3 Å². The van der Waals surface area contributed by atoms with E-state index in [2.05, 4.69) is 26.1 Å². The normalized spacial score (nSPS) is 15.9. The first-order chi connectivity index (χ1) is 13.6. The summed E-state index contributed by atoms with van der Waals surface area (Å²) in [6, 6.07) is 14.6. The van der Waals surface area contributed by atoms with Gasteiger partial charge in [0, 0.05) is 41.2 Å². The van der Waals surface area contributed by atoms with E-state index in [0.29, 0.717) is 26.2 Å². The number of morpholine rings is 1. The molecule has 0 bridgehead atoms. The summed E-state index contributed by atoms with van der Waals surface area (Å²) in [7, 11) is 0. The first-order valence-corrected chi connectivity index (χ1v) is 11.1. The van der Waals surface area contributed by atoms with E-state index in [-0.39, 0.29) is 17.8 Å². The molecule has 0 radical (unpaired) electrons. The van der Waals surface area contributed by atoms with Gasteiger partial charge >= 0.3 is 0 Å². The van der Waals surface area contributed by atoms with Crippen LogP contribution in [0.2, 0.25) is 0 Å². The molecule has 0 aromatic heterocycles. The lowest BCUT2D eigenvalue weighted by Gasteiger charge is -2.35. The number of hydrogen-bond acceptors (Lipinski definition) is 4. The van der Waals surface area contributed by atoms with Crippen molar-refractivity contribution in [3.05, 3.63) is 64.4 Å². The van der Waals surface area contributed by atoms with Crippen molar-refractivity contribution in [3.8, 4) is 0 Å². The predicted molar refractivity (Wildman–Crippen MR) is 114 cm³/mol. The van der Waals surface area contributed by atoms with Gasteiger partial charge in [0.2, 0.25) is 5.91 Å². The molecule has 1 atom stereocenters. The molecule has 1 fully saturated rings. The summed E-state index contributed by atoms with van der Waals surface area (Å²) in [5, 5.41) is 3.05. The summed E-state index contributed by atoms with van der Waals surface area (Å²) in [4.78, 5) is 15.8. The average molecular weight is 467 g/mol. The Morgan fingerprint density at radius 3 is 2.50 bits per heavy atom. The molecule has 1 aliphatic rings. The van der Waals surface area contributed by atoms with Crippen molar-refractivity contribution in [1.82, 2.24) is 10.2 Å². The van der Waals surface area contributed by atoms with Crippen LogP contribution in [0.15, 0.2) is 57.9 Å². The maximum atomic E-state index is 13.3. The summed E-state index contributed by atoms with van der Waals surface area (Å²) < 4.78 is 19.8. The molecule has 1 N–H and O–H groups in total. The van der Waals surface area contributed by atoms with E-state index in [4.69, 9.17) is 4.74 Å². The fraction of sp³-hybridized carbons (Fsp3) is 0.381. The standard InChI is InChI=1S/C21H24BrFN2O2S/c22-17-3-7-19(8-4-17)28-14-9-21(26)24-15-20(25-10-12-27-13-11-25)16-1-5-18(23)6-2-16/h1-8,20H,9-15H2,(H,24,26). The number of rotatable bonds is 8. The maximum absolute atomic E-state index is 13.3. The topological polar surface area (TPSA) is 41.6 Å². The number of thioether (sulfide) groups is 1. The van der Waals surface area contributed by atoms with Gasteiger partial charge in [-0.05, 0) is 42.0 Å². The SMILES string of the molecule is O=C(CCSc1ccc(Br)cc1)NCC(c1ccc(F)cc1)N1CCOCC1. The fourth-order valence-corrected chi connectivity index (χ4v) is 4.24. The Labute approximate surface area is 178 Å². The zero-order chi connectivity index (χ0) is 19.8. The lowest BCUT2D eigenvalue weighted by molar-refractivity contribution is -0.121. The monoisotopic (exact) mass is 466 g/mol. The Balaban J connectivity index is 1.51. The number of nitrogens with one attached hydrogen (secondary N) is 1. The molecule has 1 aliphatic heterocycles. The van der Waals surface area contributed by atoms with Crippen LogP contribution < -0.4 is 5.32 Å². The van der Waals surface area contributed by atoms with Crippen LogP contribution in [0.25, 0.3) is 0 Å². The molecular formula is C21H24BrFN2O2S. The number of amides is 1. The quantitative estimate of drug-likeness (QED) is 0.590. The van der Waals surface area contributed by atoms with Crippen LogP contribution in [0.3, 0.4) is 0 Å². The van der Waals surface area contributed by atoms with Gasteiger partial charge in [0.1, 0.15) is 5.82 Å². The van der Waals surface area contributed by atoms with Crippen molar-refractivity contribution in [2.24, 2.45) is 0 Å². The van der Waals surface area contributed by atoms with Gasteiger partial charge in [-0.2, -0.15) is 0 Å². The molecule has 0 aliphatic carbocycles. The highest BCUT2D eigenvalue weighted by Gasteiger charge is 2.23. The van der Waals surface area contributed by atoms with Crippen LogP contribution in [-0.2, 0) is 9.53 Å². The Bertz CT molecular complexity index is 752. The van der Waals surface area contributed by atoms with Crippen molar-refractivity contribution in [2.75, 3.05) is 38.6 Å². The number of carbonyl (C=O) groups is 1. The highest BCUT2D eigenvalue weighted by Crippen LogP contribution is 2.23. The van der Waals surface area contributed by atoms with E-state index in [1.54, 1.807) is 23.9 Å². The first-order valence-electron chi connectivity index (χ1n) is 9.34. The Morgan fingerprint density at radius 1 is 1.14 bits per heavy atom. The smallest absolute Gasteiger partial charge is 0.220 e. The van der Waals surface area contributed by atoms with Crippen LogP contribution in [0.1, 0.15) is 18.0 Å². The zero-order valence-corrected chi connectivity index (χ0v) is 18.0. The summed E-state index contributed by atoms with van der Waals surface area (Å²) in [6.45, 7) is 3.47. The summed E-state index contributed by atoms with van der Waals surface area (Å²) in [5.74, 6) is 0.509. The van der Waals surface area contributed by atoms with E-state index in [9.17, 15) is 9.18 Å². The van der Waals surface area contributed by atoms with Crippen molar-refractivity contribution in [3.63, 3.8) is 0 Å². The van der Waals surface area contributed by atoms with Gasteiger partial charge in [-0.15, -0.1) is 11.8 Å². The number of nitrogens with zero attached hydrogens (tertiary/aromatic N) is 1. The number of carbonyl (C=O) groups excluding carboxylic acids is 1. The molecule has 150 valence electrons. The third kappa shape index (κ3) is 6.58. The minimum atomic E-state index is -0.251. The highest BCUT2D eigenvalue weighted by atomic mass is 79.9. The summed E-state index contributed by atoms with van der Waals surface area (Å²) in [5.41, 5.74) is 1.01. The third-order valence-electron chi connectivity index (χ3n) is 4.65. The molecule has 2 aromatic carbocycles. The minimum Gasteiger partial charge on any atom is -0.379 e. The summed E-state index contributed by atoms with van der Waals surface area (Å²) in [6.07, 6.45) is 0.458. The largest absolute Gasteiger partial charge is 0.379 e. The van der Waals surface area contributed by atoms with Gasteiger partial charge in [0.05, 0.1) is 19.3 Å². The number of benzene rings is 2. The van der Waals surface area contributed by atoms with Gasteiger partial charge < -0.3 is 10.1 Å². The van der Waals surface area contributed by atoms with Crippen LogP contribution in [-0.4, -0.2) is 49.4 Å². The van der Waals surface area contributed by atoms with Gasteiger partial charge in [0.15, 0.2) is 0 Å². The van der Waals surface area contributed by atoms with Gasteiger partial charge in [-0.1, -0.05) is 28.1 Å². The van der Waals surface area contributed by atoms with Crippen LogP contribution in [0, 0.1) is 5.82 Å². The fourth-order valence-electron chi connectivity index (χ4n) is 3.12. The Morgan fingerprint density at radius 2 is 1.82 bits per heavy atom. The van der Waals surface area contributed by atoms with Crippen molar-refractivity contribution >= 4 is 33.6 Å². The second kappa shape index (κ2) is 11.0. The number of hydrogen-bond donors (Lipinski definition) is 1. The van der Waals surface area contributed by atoms with Crippen molar-refractivity contribution in [2.45, 2.75) is 17.4 Å². The molecule has 7 heteroatoms. The van der Waals surface area contributed by atoms with E-state index < -0.39 is 0 Å². The molecule has 1 saturated heterocycles. The molecule has 1 unspecified atom stereocenters. The van der Waals surface area contributed by atoms with Crippen molar-refractivity contribution in [1.29, 1.82) is 0 Å². The molecule has 28 heavy (non-hydrogen) atoms. The lowest BCUT2D eigenvalue weighted by Crippen LogP contribution is -2.43. The highest BCUT2D eigenvalue weighted by molar-refractivity contribution is 9.10. The van der Waals surface area contributed by atoms with Gasteiger partial charge in [0.25, 0.3) is 0 Å². The third-order valence-corrected chi connectivity index (χ3v) is 6.19. The number of ether oxygens (including phenoxy) is 1. The molecule has 0 saturated carbocycles. The van der Waals surface area contributed by atoms with E-state index >= 15 is 0 Å². The second-order valence-electron chi connectivity index (χ2n) is 6.57. The second-order valence-corrected chi connectivity index (χ2v) is 8.66. The molecule has 2 aromatic rings. The molecular weight excluding hydrogens is 443 g/mol. The molecule has 4 nitrogen and oxygen atoms in total. The average Bonchev–Trinajstić information content (AvgIpc) is 2.72. The van der Waals surface area contributed by atoms with Crippen LogP contribution in [0.5, 0.6) is 0 Å². The maximum Gasteiger partial charge on any atom is 0.220 e. The number of halogens is 2.